The normalized spacial score (nSPS) is 21.9. The number of ketones is 1. The van der Waals surface area contributed by atoms with Gasteiger partial charge in [-0.2, -0.15) is 0 Å². The van der Waals surface area contributed by atoms with Crippen LogP contribution in [0.2, 0.25) is 0 Å². The lowest BCUT2D eigenvalue weighted by Crippen LogP contribution is -2.57. The molecule has 7 rings (SSSR count). The van der Waals surface area contributed by atoms with Crippen LogP contribution < -0.4 is 19.5 Å². The minimum absolute atomic E-state index is 0.0318. The molecule has 0 unspecified atom stereocenters. The van der Waals surface area contributed by atoms with E-state index in [4.69, 9.17) is 19.2 Å². The topological polar surface area (TPSA) is 170 Å². The summed E-state index contributed by atoms with van der Waals surface area (Å²) in [6, 6.07) is 20.1. The first-order valence-corrected chi connectivity index (χ1v) is 23.0. The monoisotopic (exact) mass is 896 g/mol. The molecule has 3 aliphatic rings. The van der Waals surface area contributed by atoms with E-state index in [2.05, 4.69) is 16.6 Å². The van der Waals surface area contributed by atoms with Crippen LogP contribution in [0.4, 0.5) is 9.18 Å². The van der Waals surface area contributed by atoms with Crippen LogP contribution in [0.15, 0.2) is 91.5 Å². The first-order chi connectivity index (χ1) is 30.1. The fourth-order valence-corrected chi connectivity index (χ4v) is 10.3. The first kappa shape index (κ1) is 46.2. The van der Waals surface area contributed by atoms with Gasteiger partial charge in [0.05, 0.1) is 41.1 Å². The number of carbonyl (C=O) groups excluding carboxylic acids is 4. The summed E-state index contributed by atoms with van der Waals surface area (Å²) in [7, 11) is -2.68. The van der Waals surface area contributed by atoms with Gasteiger partial charge >= 0.3 is 6.09 Å². The summed E-state index contributed by atoms with van der Waals surface area (Å²) < 4.78 is 60.3. The number of nitrogens with one attached hydrogen (secondary N) is 2. The Morgan fingerprint density at radius 1 is 0.984 bits per heavy atom. The van der Waals surface area contributed by atoms with E-state index in [1.54, 1.807) is 66.9 Å². The number of Topliss-reactive ketones (excluding diaryl/α,β-unsaturated/α-hetero) is 1. The van der Waals surface area contributed by atoms with Gasteiger partial charge in [-0.25, -0.2) is 22.6 Å². The number of rotatable bonds is 15. The van der Waals surface area contributed by atoms with Crippen molar-refractivity contribution >= 4 is 44.6 Å². The lowest BCUT2D eigenvalue weighted by atomic mass is 9.85. The fraction of sp³-hybridized carbons (Fsp3) is 0.449. The Hall–Kier alpha value is -5.83. The van der Waals surface area contributed by atoms with Crippen molar-refractivity contribution in [2.75, 3.05) is 13.7 Å². The van der Waals surface area contributed by atoms with Gasteiger partial charge < -0.3 is 24.4 Å². The van der Waals surface area contributed by atoms with Gasteiger partial charge in [0, 0.05) is 35.9 Å². The summed E-state index contributed by atoms with van der Waals surface area (Å²) in [4.78, 5) is 63.4. The maximum absolute atomic E-state index is 14.9. The number of allylic oxidation sites excluding steroid dienone is 1. The molecule has 0 spiro atoms. The van der Waals surface area contributed by atoms with E-state index in [9.17, 15) is 32.0 Å². The highest BCUT2D eigenvalue weighted by atomic mass is 32.2. The molecule has 3 amide bonds. The van der Waals surface area contributed by atoms with Crippen molar-refractivity contribution in [3.63, 3.8) is 0 Å². The number of benzene rings is 3. The van der Waals surface area contributed by atoms with Crippen molar-refractivity contribution in [1.82, 2.24) is 19.9 Å². The summed E-state index contributed by atoms with van der Waals surface area (Å²) in [5.74, 6) is -1.74. The molecule has 15 heteroatoms. The number of likely N-dealkylation sites (tertiary alicyclic amines) is 1. The van der Waals surface area contributed by atoms with Crippen LogP contribution in [0.5, 0.6) is 11.5 Å². The number of hydrogen-bond acceptors (Lipinski definition) is 10. The Balaban J connectivity index is 1.19. The van der Waals surface area contributed by atoms with Crippen LogP contribution >= 0.6 is 0 Å². The minimum atomic E-state index is -4.24. The van der Waals surface area contributed by atoms with Crippen molar-refractivity contribution in [3.05, 3.63) is 103 Å². The molecule has 2 saturated carbocycles. The van der Waals surface area contributed by atoms with E-state index in [1.807, 2.05) is 42.5 Å². The molecule has 3 aromatic carbocycles. The second-order valence-electron chi connectivity index (χ2n) is 19.4. The van der Waals surface area contributed by atoms with Crippen LogP contribution in [-0.2, 0) is 35.6 Å². The van der Waals surface area contributed by atoms with Gasteiger partial charge in [0.15, 0.2) is 5.78 Å². The average molecular weight is 897 g/mol. The third kappa shape index (κ3) is 9.79. The molecular formula is C49H57FN4O9S. The van der Waals surface area contributed by atoms with Crippen molar-refractivity contribution in [2.24, 2.45) is 16.7 Å². The Kier molecular flexibility index (Phi) is 12.5. The van der Waals surface area contributed by atoms with Crippen molar-refractivity contribution < 1.29 is 46.2 Å². The van der Waals surface area contributed by atoms with Crippen molar-refractivity contribution in [2.45, 2.75) is 109 Å². The Morgan fingerprint density at radius 3 is 2.27 bits per heavy atom. The SMILES string of the molecule is C=C[C@@H]1C[C@]1(CC(=O)[C@@H]1C[C@@H](Oc2cc(-c3ccccc3)nc3cc(OC)ccc23)CN1C(=O)[C@@H](NC(=O)OC(C)(C)C)C(C)(C)C)C(=O)NS(=O)(=O)C1(Cc2ccc(F)cc2)CC1. The highest BCUT2D eigenvalue weighted by Gasteiger charge is 2.63. The van der Waals surface area contributed by atoms with Gasteiger partial charge in [-0.1, -0.05) is 69.3 Å². The predicted molar refractivity (Wildman–Crippen MR) is 240 cm³/mol. The highest BCUT2D eigenvalue weighted by molar-refractivity contribution is 7.91. The molecule has 64 heavy (non-hydrogen) atoms. The Labute approximate surface area is 374 Å². The maximum atomic E-state index is 14.9. The van der Waals surface area contributed by atoms with Gasteiger partial charge in [0.25, 0.3) is 0 Å². The molecule has 2 N–H and O–H groups in total. The molecule has 340 valence electrons. The average Bonchev–Trinajstić information content (AvgIpc) is 4.14. The summed E-state index contributed by atoms with van der Waals surface area (Å²) in [5, 5.41) is 3.42. The van der Waals surface area contributed by atoms with Crippen molar-refractivity contribution in [3.8, 4) is 22.8 Å². The number of fused-ring (bicyclic) bond motifs is 1. The molecule has 4 aromatic rings. The number of amides is 3. The number of ether oxygens (including phenoxy) is 3. The summed E-state index contributed by atoms with van der Waals surface area (Å²) >= 11 is 0. The molecule has 1 aromatic heterocycles. The number of hydrogen-bond donors (Lipinski definition) is 2. The third-order valence-electron chi connectivity index (χ3n) is 12.4. The maximum Gasteiger partial charge on any atom is 0.408 e. The summed E-state index contributed by atoms with van der Waals surface area (Å²) in [6.07, 6.45) is 0.533. The lowest BCUT2D eigenvalue weighted by molar-refractivity contribution is -0.142. The molecular weight excluding hydrogens is 840 g/mol. The van der Waals surface area contributed by atoms with Gasteiger partial charge in [0.1, 0.15) is 35.1 Å². The quantitative estimate of drug-likeness (QED) is 0.113. The van der Waals surface area contributed by atoms with Gasteiger partial charge in [0.2, 0.25) is 21.8 Å². The van der Waals surface area contributed by atoms with E-state index >= 15 is 0 Å². The number of halogens is 1. The zero-order valence-electron chi connectivity index (χ0n) is 37.4. The summed E-state index contributed by atoms with van der Waals surface area (Å²) in [6.45, 7) is 14.3. The van der Waals surface area contributed by atoms with Crippen molar-refractivity contribution in [1.29, 1.82) is 0 Å². The van der Waals surface area contributed by atoms with Gasteiger partial charge in [-0.05, 0) is 87.6 Å². The number of sulfonamides is 1. The Bertz CT molecular complexity index is 2570. The van der Waals surface area contributed by atoms with Crippen LogP contribution in [0.1, 0.15) is 79.2 Å². The zero-order valence-corrected chi connectivity index (χ0v) is 38.2. The molecule has 1 aliphatic heterocycles. The number of pyridine rings is 1. The second-order valence-corrected chi connectivity index (χ2v) is 21.5. The largest absolute Gasteiger partial charge is 0.497 e. The molecule has 5 atom stereocenters. The van der Waals surface area contributed by atoms with E-state index in [-0.39, 0.29) is 32.2 Å². The van der Waals surface area contributed by atoms with Gasteiger partial charge in [-0.15, -0.1) is 6.58 Å². The fourth-order valence-electron chi connectivity index (χ4n) is 8.61. The van der Waals surface area contributed by atoms with Crippen LogP contribution in [0, 0.1) is 22.6 Å². The first-order valence-electron chi connectivity index (χ1n) is 21.5. The van der Waals surface area contributed by atoms with Crippen LogP contribution in [0.3, 0.4) is 0 Å². The molecule has 2 heterocycles. The van der Waals surface area contributed by atoms with Crippen LogP contribution in [-0.4, -0.2) is 84.2 Å². The van der Waals surface area contributed by atoms with Crippen LogP contribution in [0.25, 0.3) is 22.2 Å². The molecule has 1 saturated heterocycles. The standard InChI is InChI=1S/C49H57FN4O9S/c1-9-32-27-49(32,44(57)53-64(59,60)48(21-22-48)26-30-15-17-33(50)18-16-30)28-40(55)39-24-35(29-54(39)43(56)42(46(2,3)4)52-45(58)63-47(5,6)7)62-41-25-37(31-13-11-10-12-14-31)51-38-23-34(61-8)19-20-36(38)41/h9-20,23,25,32,35,39,42H,1,21-22,24,26-29H2,2-8H3,(H,52,58)(H,53,57)/t32-,35-,39+,42-,49-/m1/s1. The third-order valence-corrected chi connectivity index (χ3v) is 14.6. The summed E-state index contributed by atoms with van der Waals surface area (Å²) in [5.41, 5.74) is -0.462. The van der Waals surface area contributed by atoms with E-state index in [0.717, 1.165) is 5.56 Å². The molecule has 13 nitrogen and oxygen atoms in total. The molecule has 2 aliphatic carbocycles. The molecule has 0 radical (unpaired) electrons. The number of methoxy groups -OCH3 is 1. The van der Waals surface area contributed by atoms with Gasteiger partial charge in [-0.3, -0.25) is 19.1 Å². The number of carbonyl (C=O) groups is 4. The smallest absolute Gasteiger partial charge is 0.408 e. The lowest BCUT2D eigenvalue weighted by Gasteiger charge is -2.36. The predicted octanol–water partition coefficient (Wildman–Crippen LogP) is 7.71. The van der Waals surface area contributed by atoms with E-state index < -0.39 is 84.8 Å². The zero-order chi connectivity index (χ0) is 46.4. The molecule has 3 fully saturated rings. The molecule has 0 bridgehead atoms. The van der Waals surface area contributed by atoms with E-state index in [1.165, 1.54) is 29.2 Å². The number of aromatic nitrogens is 1. The number of alkyl carbamates (subject to hydrolysis) is 1. The number of nitrogens with zero attached hydrogens (tertiary/aromatic N) is 2. The second kappa shape index (κ2) is 17.3. The highest BCUT2D eigenvalue weighted by Crippen LogP contribution is 2.57. The van der Waals surface area contributed by atoms with E-state index in [0.29, 0.717) is 46.5 Å². The minimum Gasteiger partial charge on any atom is -0.497 e. The Morgan fingerprint density at radius 2 is 1.67 bits per heavy atom.